The Labute approximate surface area is 194 Å². The van der Waals surface area contributed by atoms with Crippen LogP contribution in [0.5, 0.6) is 17.2 Å². The van der Waals surface area contributed by atoms with E-state index in [0.717, 1.165) is 10.8 Å². The second kappa shape index (κ2) is 9.38. The Morgan fingerprint density at radius 3 is 1.82 bits per heavy atom. The van der Waals surface area contributed by atoms with E-state index < -0.39 is 11.9 Å². The molecule has 0 aliphatic rings. The number of benzene rings is 3. The number of para-hydroxylation sites is 2. The van der Waals surface area contributed by atoms with Crippen LogP contribution in [-0.4, -0.2) is 28.5 Å². The second-order valence-electron chi connectivity index (χ2n) is 7.34. The minimum Gasteiger partial charge on any atom is -0.482 e. The molecule has 0 unspecified atom stereocenters. The van der Waals surface area contributed by atoms with Crippen molar-refractivity contribution < 1.29 is 23.8 Å². The molecule has 34 heavy (non-hydrogen) atoms. The number of fused-ring (bicyclic) bond motifs is 2. The van der Waals surface area contributed by atoms with E-state index in [2.05, 4.69) is 9.97 Å². The average Bonchev–Trinajstić information content (AvgIpc) is 2.88. The van der Waals surface area contributed by atoms with Gasteiger partial charge < -0.3 is 14.2 Å². The molecule has 0 radical (unpaired) electrons. The highest BCUT2D eigenvalue weighted by molar-refractivity contribution is 5.94. The Balaban J connectivity index is 1.20. The van der Waals surface area contributed by atoms with Crippen LogP contribution in [-0.2, 0) is 4.79 Å². The van der Waals surface area contributed by atoms with Crippen molar-refractivity contribution in [1.29, 1.82) is 0 Å². The van der Waals surface area contributed by atoms with Gasteiger partial charge in [-0.2, -0.15) is 0 Å². The van der Waals surface area contributed by atoms with Gasteiger partial charge >= 0.3 is 11.9 Å². The molecule has 5 rings (SSSR count). The molecule has 2 heterocycles. The summed E-state index contributed by atoms with van der Waals surface area (Å²) in [6, 6.07) is 24.5. The van der Waals surface area contributed by atoms with Crippen LogP contribution in [0, 0.1) is 0 Å². The van der Waals surface area contributed by atoms with Crippen molar-refractivity contribution in [3.05, 3.63) is 103 Å². The van der Waals surface area contributed by atoms with Crippen LogP contribution >= 0.6 is 0 Å². The summed E-state index contributed by atoms with van der Waals surface area (Å²) in [5.41, 5.74) is 1.55. The summed E-state index contributed by atoms with van der Waals surface area (Å²) in [6.07, 6.45) is 3.28. The third kappa shape index (κ3) is 4.54. The lowest BCUT2D eigenvalue weighted by Gasteiger charge is -2.09. The van der Waals surface area contributed by atoms with E-state index in [4.69, 9.17) is 14.2 Å². The predicted octanol–water partition coefficient (Wildman–Crippen LogP) is 4.99. The van der Waals surface area contributed by atoms with Crippen LogP contribution in [0.3, 0.4) is 0 Å². The van der Waals surface area contributed by atoms with Crippen molar-refractivity contribution >= 4 is 33.7 Å². The third-order valence-corrected chi connectivity index (χ3v) is 5.06. The highest BCUT2D eigenvalue weighted by Gasteiger charge is 2.13. The number of aromatic nitrogens is 2. The third-order valence-electron chi connectivity index (χ3n) is 5.06. The molecule has 0 amide bonds. The first kappa shape index (κ1) is 21.1. The first-order chi connectivity index (χ1) is 16.7. The molecule has 0 saturated heterocycles. The van der Waals surface area contributed by atoms with Crippen LogP contribution in [0.15, 0.2) is 97.3 Å². The van der Waals surface area contributed by atoms with Crippen LogP contribution in [0.2, 0.25) is 0 Å². The summed E-state index contributed by atoms with van der Waals surface area (Å²) >= 11 is 0. The lowest BCUT2D eigenvalue weighted by Crippen LogP contribution is -2.18. The maximum Gasteiger partial charge on any atom is 0.349 e. The molecule has 0 spiro atoms. The van der Waals surface area contributed by atoms with Gasteiger partial charge in [-0.25, -0.2) is 9.59 Å². The topological polar surface area (TPSA) is 87.6 Å². The van der Waals surface area contributed by atoms with E-state index in [1.807, 2.05) is 36.4 Å². The van der Waals surface area contributed by atoms with Gasteiger partial charge in [0.2, 0.25) is 0 Å². The van der Waals surface area contributed by atoms with Crippen molar-refractivity contribution in [3.8, 4) is 17.2 Å². The van der Waals surface area contributed by atoms with Gasteiger partial charge in [0, 0.05) is 23.2 Å². The molecule has 0 saturated carbocycles. The first-order valence-corrected chi connectivity index (χ1v) is 10.5. The van der Waals surface area contributed by atoms with Gasteiger partial charge in [-0.1, -0.05) is 36.4 Å². The number of carbonyl (C=O) groups is 2. The van der Waals surface area contributed by atoms with Crippen molar-refractivity contribution in [2.45, 2.75) is 0 Å². The zero-order valence-corrected chi connectivity index (χ0v) is 17.9. The fourth-order valence-corrected chi connectivity index (χ4v) is 3.46. The summed E-state index contributed by atoms with van der Waals surface area (Å²) in [5.74, 6) is 0.0795. The van der Waals surface area contributed by atoms with Gasteiger partial charge in [0.05, 0.1) is 5.56 Å². The first-order valence-electron chi connectivity index (χ1n) is 10.5. The predicted molar refractivity (Wildman–Crippen MR) is 126 cm³/mol. The van der Waals surface area contributed by atoms with Crippen LogP contribution < -0.4 is 14.2 Å². The molecule has 5 aromatic rings. The lowest BCUT2D eigenvalue weighted by molar-refractivity contribution is -0.136. The van der Waals surface area contributed by atoms with Gasteiger partial charge in [-0.05, 0) is 48.5 Å². The van der Waals surface area contributed by atoms with Crippen molar-refractivity contribution in [2.75, 3.05) is 6.61 Å². The highest BCUT2D eigenvalue weighted by Crippen LogP contribution is 2.25. The molecular weight excluding hydrogens is 432 g/mol. The Hall–Kier alpha value is -4.78. The standard InChI is InChI=1S/C27H18N2O5/c30-24(33-22-9-1-5-18-7-3-15-28-25(18)22)17-32-21-13-11-20(12-14-21)27(31)34-23-10-2-6-19-8-4-16-29-26(19)23/h1-16H,17H2. The van der Waals surface area contributed by atoms with Crippen LogP contribution in [0.4, 0.5) is 0 Å². The van der Waals surface area contributed by atoms with E-state index >= 15 is 0 Å². The molecule has 0 bridgehead atoms. The van der Waals surface area contributed by atoms with Gasteiger partial charge in [0.1, 0.15) is 16.8 Å². The van der Waals surface area contributed by atoms with Crippen LogP contribution in [0.1, 0.15) is 10.4 Å². The molecular formula is C27H18N2O5. The number of rotatable bonds is 6. The summed E-state index contributed by atoms with van der Waals surface area (Å²) in [5, 5.41) is 1.75. The van der Waals surface area contributed by atoms with Gasteiger partial charge in [0.15, 0.2) is 18.1 Å². The van der Waals surface area contributed by atoms with Crippen molar-refractivity contribution in [1.82, 2.24) is 9.97 Å². The normalized spacial score (nSPS) is 10.7. The molecule has 2 aromatic heterocycles. The fourth-order valence-electron chi connectivity index (χ4n) is 3.46. The van der Waals surface area contributed by atoms with Crippen molar-refractivity contribution in [3.63, 3.8) is 0 Å². The molecule has 3 aromatic carbocycles. The molecule has 0 aliphatic carbocycles. The van der Waals surface area contributed by atoms with Gasteiger partial charge in [0.25, 0.3) is 0 Å². The Bertz CT molecular complexity index is 1490. The minimum absolute atomic E-state index is 0.297. The second-order valence-corrected chi connectivity index (χ2v) is 7.34. The number of hydrogen-bond acceptors (Lipinski definition) is 7. The zero-order valence-electron chi connectivity index (χ0n) is 17.9. The van der Waals surface area contributed by atoms with E-state index in [1.54, 1.807) is 60.9 Å². The smallest absolute Gasteiger partial charge is 0.349 e. The SMILES string of the molecule is O=C(COc1ccc(C(=O)Oc2cccc3cccnc23)cc1)Oc1cccc2cccnc12. The zero-order chi connectivity index (χ0) is 23.3. The summed E-state index contributed by atoms with van der Waals surface area (Å²) in [4.78, 5) is 33.4. The number of carbonyl (C=O) groups excluding carboxylic acids is 2. The Kier molecular flexibility index (Phi) is 5.82. The maximum absolute atomic E-state index is 12.6. The quantitative estimate of drug-likeness (QED) is 0.266. The molecule has 166 valence electrons. The van der Waals surface area contributed by atoms with Gasteiger partial charge in [-0.15, -0.1) is 0 Å². The van der Waals surface area contributed by atoms with E-state index in [0.29, 0.717) is 33.8 Å². The maximum atomic E-state index is 12.6. The minimum atomic E-state index is -0.565. The summed E-state index contributed by atoms with van der Waals surface area (Å²) in [6.45, 7) is -0.297. The van der Waals surface area contributed by atoms with Gasteiger partial charge in [-0.3, -0.25) is 9.97 Å². The van der Waals surface area contributed by atoms with Crippen LogP contribution in [0.25, 0.3) is 21.8 Å². The number of hydrogen-bond donors (Lipinski definition) is 0. The molecule has 0 aliphatic heterocycles. The molecule has 0 N–H and O–H groups in total. The summed E-state index contributed by atoms with van der Waals surface area (Å²) < 4.78 is 16.4. The molecule has 7 nitrogen and oxygen atoms in total. The summed E-state index contributed by atoms with van der Waals surface area (Å²) in [7, 11) is 0. The number of ether oxygens (including phenoxy) is 3. The number of nitrogens with zero attached hydrogens (tertiary/aromatic N) is 2. The van der Waals surface area contributed by atoms with E-state index in [1.165, 1.54) is 0 Å². The number of pyridine rings is 2. The Morgan fingerprint density at radius 2 is 1.21 bits per heavy atom. The Morgan fingerprint density at radius 1 is 0.647 bits per heavy atom. The van der Waals surface area contributed by atoms with E-state index in [9.17, 15) is 9.59 Å². The lowest BCUT2D eigenvalue weighted by atomic mass is 10.2. The number of esters is 2. The largest absolute Gasteiger partial charge is 0.482 e. The average molecular weight is 450 g/mol. The molecule has 0 fully saturated rings. The highest BCUT2D eigenvalue weighted by atomic mass is 16.6. The fraction of sp³-hybridized carbons (Fsp3) is 0.0370. The molecule has 7 heteroatoms. The van der Waals surface area contributed by atoms with Crippen molar-refractivity contribution in [2.24, 2.45) is 0 Å². The molecule has 0 atom stereocenters. The monoisotopic (exact) mass is 450 g/mol. The van der Waals surface area contributed by atoms with E-state index in [-0.39, 0.29) is 6.61 Å².